The van der Waals surface area contributed by atoms with E-state index >= 15 is 0 Å². The molecule has 1 saturated heterocycles. The van der Waals surface area contributed by atoms with Crippen LogP contribution < -0.4 is 21.3 Å². The number of thiophene rings is 1. The molecule has 3 aromatic rings. The molecule has 1 fully saturated rings. The van der Waals surface area contributed by atoms with Crippen molar-refractivity contribution in [3.05, 3.63) is 28.9 Å². The number of nitrogens with one attached hydrogen (secondary N) is 4. The lowest BCUT2D eigenvalue weighted by atomic mass is 10.0. The van der Waals surface area contributed by atoms with Gasteiger partial charge in [0.05, 0.1) is 10.9 Å². The fourth-order valence-electron chi connectivity index (χ4n) is 4.12. The normalized spacial score (nSPS) is 18.6. The molecule has 7 nitrogen and oxygen atoms in total. The van der Waals surface area contributed by atoms with E-state index in [1.165, 1.54) is 16.9 Å². The molecule has 1 unspecified atom stereocenters. The van der Waals surface area contributed by atoms with Crippen molar-refractivity contribution in [3.8, 4) is 10.6 Å². The van der Waals surface area contributed by atoms with Crippen molar-refractivity contribution >= 4 is 43.8 Å². The standard InChI is InChI=1S/C21H26N6OS2/c28-18(4-8-23-10-13-1-5-22-9-13)27-21-19(14-2-6-25-12-17(14)30-21)20-26-15-11-24-7-3-16(15)29-20/h3,7,11,13,22-23,25H,1-2,4-6,8-10,12H2,(H,27,28). The fraction of sp³-hybridized carbons (Fsp3) is 0.476. The van der Waals surface area contributed by atoms with Crippen LogP contribution in [0, 0.1) is 5.92 Å². The zero-order chi connectivity index (χ0) is 20.3. The lowest BCUT2D eigenvalue weighted by molar-refractivity contribution is -0.116. The van der Waals surface area contributed by atoms with Gasteiger partial charge in [-0.3, -0.25) is 9.78 Å². The molecule has 2 aliphatic rings. The van der Waals surface area contributed by atoms with Crippen LogP contribution in [0.4, 0.5) is 5.00 Å². The van der Waals surface area contributed by atoms with E-state index in [0.29, 0.717) is 18.9 Å². The Hall–Kier alpha value is -1.91. The zero-order valence-corrected chi connectivity index (χ0v) is 18.4. The molecule has 0 radical (unpaired) electrons. The van der Waals surface area contributed by atoms with Gasteiger partial charge in [0.25, 0.3) is 0 Å². The number of hydrogen-bond acceptors (Lipinski definition) is 8. The van der Waals surface area contributed by atoms with Gasteiger partial charge in [-0.1, -0.05) is 0 Å². The molecular formula is C21H26N6OS2. The van der Waals surface area contributed by atoms with Crippen molar-refractivity contribution in [2.24, 2.45) is 5.92 Å². The molecule has 0 bridgehead atoms. The quantitative estimate of drug-likeness (QED) is 0.421. The van der Waals surface area contributed by atoms with E-state index in [1.807, 2.05) is 6.07 Å². The zero-order valence-electron chi connectivity index (χ0n) is 16.8. The van der Waals surface area contributed by atoms with E-state index in [9.17, 15) is 4.79 Å². The van der Waals surface area contributed by atoms with Crippen molar-refractivity contribution in [3.63, 3.8) is 0 Å². The Kier molecular flexibility index (Phi) is 6.05. The van der Waals surface area contributed by atoms with Gasteiger partial charge in [-0.05, 0) is 56.6 Å². The Bertz CT molecular complexity index is 1010. The number of pyridine rings is 1. The summed E-state index contributed by atoms with van der Waals surface area (Å²) in [4.78, 5) is 23.0. The highest BCUT2D eigenvalue weighted by Crippen LogP contribution is 2.44. The van der Waals surface area contributed by atoms with E-state index in [2.05, 4.69) is 26.3 Å². The molecule has 9 heteroatoms. The molecule has 1 atom stereocenters. The van der Waals surface area contributed by atoms with Crippen LogP contribution in [0.1, 0.15) is 23.3 Å². The van der Waals surface area contributed by atoms with Gasteiger partial charge in [-0.25, -0.2) is 4.98 Å². The Morgan fingerprint density at radius 2 is 2.23 bits per heavy atom. The number of amides is 1. The summed E-state index contributed by atoms with van der Waals surface area (Å²) in [5, 5.41) is 15.3. The van der Waals surface area contributed by atoms with E-state index in [-0.39, 0.29) is 5.91 Å². The molecule has 5 rings (SSSR count). The first-order valence-corrected chi connectivity index (χ1v) is 12.2. The predicted octanol–water partition coefficient (Wildman–Crippen LogP) is 2.59. The number of hydrogen-bond donors (Lipinski definition) is 4. The molecule has 0 aliphatic carbocycles. The third kappa shape index (κ3) is 4.26. The molecule has 0 saturated carbocycles. The summed E-state index contributed by atoms with van der Waals surface area (Å²) in [5.74, 6) is 0.743. The first-order valence-electron chi connectivity index (χ1n) is 10.6. The number of thiazole rings is 1. The molecule has 3 aromatic heterocycles. The Morgan fingerprint density at radius 3 is 3.10 bits per heavy atom. The third-order valence-corrected chi connectivity index (χ3v) is 7.91. The van der Waals surface area contributed by atoms with Gasteiger partial charge >= 0.3 is 0 Å². The van der Waals surface area contributed by atoms with Crippen LogP contribution in [0.15, 0.2) is 18.5 Å². The first-order chi connectivity index (χ1) is 14.8. The van der Waals surface area contributed by atoms with Crippen LogP contribution >= 0.6 is 22.7 Å². The van der Waals surface area contributed by atoms with Crippen molar-refractivity contribution < 1.29 is 4.79 Å². The van der Waals surface area contributed by atoms with Gasteiger partial charge in [0, 0.05) is 36.1 Å². The van der Waals surface area contributed by atoms with Gasteiger partial charge in [0.2, 0.25) is 5.91 Å². The van der Waals surface area contributed by atoms with Gasteiger partial charge in [-0.15, -0.1) is 22.7 Å². The number of rotatable bonds is 7. The molecule has 0 aromatic carbocycles. The Labute approximate surface area is 183 Å². The van der Waals surface area contributed by atoms with Crippen LogP contribution in [0.25, 0.3) is 20.8 Å². The summed E-state index contributed by atoms with van der Waals surface area (Å²) < 4.78 is 1.12. The minimum Gasteiger partial charge on any atom is -0.317 e. The van der Waals surface area contributed by atoms with Crippen LogP contribution in [-0.2, 0) is 17.8 Å². The van der Waals surface area contributed by atoms with Crippen molar-refractivity contribution in [1.82, 2.24) is 25.9 Å². The van der Waals surface area contributed by atoms with Crippen molar-refractivity contribution in [2.75, 3.05) is 38.0 Å². The second-order valence-electron chi connectivity index (χ2n) is 7.86. The molecule has 30 heavy (non-hydrogen) atoms. The van der Waals surface area contributed by atoms with E-state index in [0.717, 1.165) is 64.9 Å². The average Bonchev–Trinajstić information content (AvgIpc) is 3.48. The highest BCUT2D eigenvalue weighted by atomic mass is 32.1. The number of nitrogens with zero attached hydrogens (tertiary/aromatic N) is 2. The van der Waals surface area contributed by atoms with Crippen molar-refractivity contribution in [2.45, 2.75) is 25.8 Å². The number of carbonyl (C=O) groups excluding carboxylic acids is 1. The first kappa shape index (κ1) is 20.0. The van der Waals surface area contributed by atoms with Crippen LogP contribution in [0.3, 0.4) is 0 Å². The maximum atomic E-state index is 12.7. The maximum absolute atomic E-state index is 12.7. The van der Waals surface area contributed by atoms with E-state index in [1.54, 1.807) is 35.1 Å². The topological polar surface area (TPSA) is 91.0 Å². The van der Waals surface area contributed by atoms with Gasteiger partial charge in [-0.2, -0.15) is 0 Å². The number of fused-ring (bicyclic) bond motifs is 2. The Balaban J connectivity index is 1.31. The van der Waals surface area contributed by atoms with Crippen LogP contribution in [0.2, 0.25) is 0 Å². The highest BCUT2D eigenvalue weighted by molar-refractivity contribution is 7.22. The smallest absolute Gasteiger partial charge is 0.226 e. The van der Waals surface area contributed by atoms with Crippen LogP contribution in [0.5, 0.6) is 0 Å². The summed E-state index contributed by atoms with van der Waals surface area (Å²) >= 11 is 3.35. The van der Waals surface area contributed by atoms with Gasteiger partial charge in [0.15, 0.2) is 0 Å². The summed E-state index contributed by atoms with van der Waals surface area (Å²) in [5.41, 5.74) is 3.35. The number of carbonyl (C=O) groups is 1. The molecule has 4 N–H and O–H groups in total. The van der Waals surface area contributed by atoms with Gasteiger partial charge < -0.3 is 21.3 Å². The highest BCUT2D eigenvalue weighted by Gasteiger charge is 2.25. The lowest BCUT2D eigenvalue weighted by Gasteiger charge is -2.13. The second-order valence-corrected chi connectivity index (χ2v) is 9.99. The molecule has 1 amide bonds. The monoisotopic (exact) mass is 442 g/mol. The largest absolute Gasteiger partial charge is 0.317 e. The SMILES string of the molecule is O=C(CCNCC1CCNC1)Nc1sc2c(c1-c1nc3cnccc3s1)CCNC2. The predicted molar refractivity (Wildman–Crippen MR) is 123 cm³/mol. The van der Waals surface area contributed by atoms with E-state index in [4.69, 9.17) is 4.98 Å². The minimum atomic E-state index is 0.0580. The third-order valence-electron chi connectivity index (χ3n) is 5.71. The summed E-state index contributed by atoms with van der Waals surface area (Å²) in [6.45, 7) is 5.68. The van der Waals surface area contributed by atoms with Crippen LogP contribution in [-0.4, -0.2) is 48.6 Å². The maximum Gasteiger partial charge on any atom is 0.226 e. The Morgan fingerprint density at radius 1 is 1.27 bits per heavy atom. The molecule has 2 aliphatic heterocycles. The number of anilines is 1. The number of aromatic nitrogens is 2. The molecular weight excluding hydrogens is 416 g/mol. The lowest BCUT2D eigenvalue weighted by Crippen LogP contribution is -2.27. The van der Waals surface area contributed by atoms with Gasteiger partial charge in [0.1, 0.15) is 15.5 Å². The average molecular weight is 443 g/mol. The minimum absolute atomic E-state index is 0.0580. The fourth-order valence-corrected chi connectivity index (χ4v) is 6.43. The summed E-state index contributed by atoms with van der Waals surface area (Å²) in [7, 11) is 0. The summed E-state index contributed by atoms with van der Waals surface area (Å²) in [6.07, 6.45) is 6.26. The van der Waals surface area contributed by atoms with Crippen molar-refractivity contribution in [1.29, 1.82) is 0 Å². The van der Waals surface area contributed by atoms with E-state index < -0.39 is 0 Å². The summed E-state index contributed by atoms with van der Waals surface area (Å²) in [6, 6.07) is 2.00. The molecule has 158 valence electrons. The molecule has 5 heterocycles. The molecule has 0 spiro atoms. The second kappa shape index (κ2) is 9.07.